The number of esters is 1. The highest BCUT2D eigenvalue weighted by molar-refractivity contribution is 7.92. The third kappa shape index (κ3) is 3.67. The molecular weight excluding hydrogens is 318 g/mol. The van der Waals surface area contributed by atoms with Crippen LogP contribution in [0.15, 0.2) is 41.6 Å². The van der Waals surface area contributed by atoms with Crippen molar-refractivity contribution in [3.05, 3.63) is 47.4 Å². The van der Waals surface area contributed by atoms with Crippen molar-refractivity contribution in [2.45, 2.75) is 4.90 Å². The maximum absolute atomic E-state index is 12.2. The molecule has 21 heavy (non-hydrogen) atoms. The number of hydrogen-bond acceptors (Lipinski definition) is 6. The number of anilines is 1. The average molecular weight is 328 g/mol. The lowest BCUT2D eigenvalue weighted by atomic mass is 10.2. The van der Waals surface area contributed by atoms with Gasteiger partial charge in [0, 0.05) is 6.07 Å². The predicted molar refractivity (Wildman–Crippen MR) is 75.6 cm³/mol. The summed E-state index contributed by atoms with van der Waals surface area (Å²) in [5.74, 6) is -0.601. The third-order valence-corrected chi connectivity index (χ3v) is 4.00. The Morgan fingerprint density at radius 2 is 2.05 bits per heavy atom. The van der Waals surface area contributed by atoms with Crippen molar-refractivity contribution < 1.29 is 17.9 Å². The van der Waals surface area contributed by atoms with Gasteiger partial charge in [0.1, 0.15) is 17.3 Å². The van der Waals surface area contributed by atoms with Gasteiger partial charge < -0.3 is 4.74 Å². The van der Waals surface area contributed by atoms with Gasteiger partial charge in [0.15, 0.2) is 0 Å². The predicted octanol–water partition coefficient (Wildman–Crippen LogP) is 1.72. The van der Waals surface area contributed by atoms with E-state index in [2.05, 4.69) is 19.4 Å². The number of rotatable bonds is 4. The highest BCUT2D eigenvalue weighted by atomic mass is 35.5. The summed E-state index contributed by atoms with van der Waals surface area (Å²) in [5, 5.41) is 0.103. The molecule has 0 saturated carbocycles. The number of carbonyl (C=O) groups excluding carboxylic acids is 1. The van der Waals surface area contributed by atoms with Gasteiger partial charge in [-0.2, -0.15) is 0 Å². The molecule has 0 unspecified atom stereocenters. The molecule has 0 aliphatic heterocycles. The zero-order valence-electron chi connectivity index (χ0n) is 10.8. The normalized spacial score (nSPS) is 11.0. The summed E-state index contributed by atoms with van der Waals surface area (Å²) in [6, 6.07) is 6.71. The van der Waals surface area contributed by atoms with E-state index in [1.807, 2.05) is 0 Å². The van der Waals surface area contributed by atoms with E-state index in [9.17, 15) is 13.2 Å². The van der Waals surface area contributed by atoms with Gasteiger partial charge in [-0.15, -0.1) is 0 Å². The van der Waals surface area contributed by atoms with Crippen LogP contribution in [0.3, 0.4) is 0 Å². The van der Waals surface area contributed by atoms with Gasteiger partial charge in [0.25, 0.3) is 10.0 Å². The van der Waals surface area contributed by atoms with E-state index in [0.717, 1.165) is 6.33 Å². The molecule has 1 heterocycles. The molecule has 0 amide bonds. The number of hydrogen-bond donors (Lipinski definition) is 1. The van der Waals surface area contributed by atoms with Crippen molar-refractivity contribution >= 4 is 33.4 Å². The second kappa shape index (κ2) is 6.06. The minimum Gasteiger partial charge on any atom is -0.465 e. The van der Waals surface area contributed by atoms with Crippen LogP contribution in [0.2, 0.25) is 5.15 Å². The standard InChI is InChI=1S/C12H10ClN3O4S/c1-20-12(17)8-3-2-4-9(5-8)21(18,19)16-11-6-10(13)14-7-15-11/h2-7H,1H3,(H,14,15,16). The third-order valence-electron chi connectivity index (χ3n) is 2.44. The molecule has 1 aromatic heterocycles. The topological polar surface area (TPSA) is 98.2 Å². The first kappa shape index (κ1) is 15.2. The van der Waals surface area contributed by atoms with E-state index in [0.29, 0.717) is 0 Å². The summed E-state index contributed by atoms with van der Waals surface area (Å²) in [6.45, 7) is 0. The van der Waals surface area contributed by atoms with Crippen LogP contribution in [0.25, 0.3) is 0 Å². The number of methoxy groups -OCH3 is 1. The minimum atomic E-state index is -3.90. The Bertz CT molecular complexity index is 780. The number of nitrogens with one attached hydrogen (secondary N) is 1. The van der Waals surface area contributed by atoms with Crippen molar-refractivity contribution in [3.8, 4) is 0 Å². The molecule has 2 aromatic rings. The summed E-state index contributed by atoms with van der Waals surface area (Å²) < 4.78 is 31.2. The quantitative estimate of drug-likeness (QED) is 0.678. The van der Waals surface area contributed by atoms with Gasteiger partial charge in [-0.05, 0) is 18.2 Å². The Morgan fingerprint density at radius 1 is 1.29 bits per heavy atom. The van der Waals surface area contributed by atoms with E-state index in [4.69, 9.17) is 11.6 Å². The van der Waals surface area contributed by atoms with Crippen LogP contribution in [-0.2, 0) is 14.8 Å². The smallest absolute Gasteiger partial charge is 0.337 e. The zero-order valence-corrected chi connectivity index (χ0v) is 12.4. The van der Waals surface area contributed by atoms with Crippen LogP contribution in [-0.4, -0.2) is 31.5 Å². The molecule has 9 heteroatoms. The molecule has 2 rings (SSSR count). The van der Waals surface area contributed by atoms with Crippen LogP contribution in [0.5, 0.6) is 0 Å². The van der Waals surface area contributed by atoms with E-state index in [1.165, 1.54) is 37.4 Å². The molecule has 7 nitrogen and oxygen atoms in total. The van der Waals surface area contributed by atoms with Crippen molar-refractivity contribution in [3.63, 3.8) is 0 Å². The van der Waals surface area contributed by atoms with Gasteiger partial charge in [0.05, 0.1) is 17.6 Å². The molecule has 0 saturated heterocycles. The number of benzene rings is 1. The van der Waals surface area contributed by atoms with E-state index < -0.39 is 16.0 Å². The van der Waals surface area contributed by atoms with Gasteiger partial charge >= 0.3 is 5.97 Å². The lowest BCUT2D eigenvalue weighted by Crippen LogP contribution is -2.15. The Kier molecular flexibility index (Phi) is 4.39. The molecule has 0 aliphatic carbocycles. The van der Waals surface area contributed by atoms with Crippen molar-refractivity contribution in [1.82, 2.24) is 9.97 Å². The Hall–Kier alpha value is -2.19. The average Bonchev–Trinajstić information content (AvgIpc) is 2.46. The van der Waals surface area contributed by atoms with Crippen LogP contribution < -0.4 is 4.72 Å². The highest BCUT2D eigenvalue weighted by Gasteiger charge is 2.17. The SMILES string of the molecule is COC(=O)c1cccc(S(=O)(=O)Nc2cc(Cl)ncn2)c1. The van der Waals surface area contributed by atoms with Crippen molar-refractivity contribution in [2.75, 3.05) is 11.8 Å². The Labute approximate surface area is 126 Å². The Morgan fingerprint density at radius 3 is 2.71 bits per heavy atom. The first-order valence-corrected chi connectivity index (χ1v) is 7.47. The fourth-order valence-electron chi connectivity index (χ4n) is 1.49. The summed E-state index contributed by atoms with van der Waals surface area (Å²) in [6.07, 6.45) is 1.13. The molecule has 110 valence electrons. The van der Waals surface area contributed by atoms with E-state index in [-0.39, 0.29) is 21.4 Å². The second-order valence-corrected chi connectivity index (χ2v) is 5.92. The number of carbonyl (C=O) groups is 1. The van der Waals surface area contributed by atoms with Crippen LogP contribution in [0.1, 0.15) is 10.4 Å². The van der Waals surface area contributed by atoms with Crippen molar-refractivity contribution in [1.29, 1.82) is 0 Å². The maximum atomic E-state index is 12.2. The molecule has 0 spiro atoms. The van der Waals surface area contributed by atoms with Gasteiger partial charge in [-0.3, -0.25) is 4.72 Å². The second-order valence-electron chi connectivity index (χ2n) is 3.85. The molecular formula is C12H10ClN3O4S. The number of nitrogens with zero attached hydrogens (tertiary/aromatic N) is 2. The first-order valence-electron chi connectivity index (χ1n) is 5.61. The van der Waals surface area contributed by atoms with Crippen LogP contribution in [0.4, 0.5) is 5.82 Å². The lowest BCUT2D eigenvalue weighted by molar-refractivity contribution is 0.0600. The zero-order chi connectivity index (χ0) is 15.5. The molecule has 0 bridgehead atoms. The van der Waals surface area contributed by atoms with E-state index >= 15 is 0 Å². The maximum Gasteiger partial charge on any atom is 0.337 e. The molecule has 0 atom stereocenters. The monoisotopic (exact) mass is 327 g/mol. The first-order chi connectivity index (χ1) is 9.92. The fourth-order valence-corrected chi connectivity index (χ4v) is 2.69. The van der Waals surface area contributed by atoms with Crippen LogP contribution >= 0.6 is 11.6 Å². The molecule has 1 aromatic carbocycles. The molecule has 0 aliphatic rings. The molecule has 0 radical (unpaired) electrons. The van der Waals surface area contributed by atoms with Gasteiger partial charge in [-0.25, -0.2) is 23.2 Å². The largest absolute Gasteiger partial charge is 0.465 e. The van der Waals surface area contributed by atoms with Crippen molar-refractivity contribution in [2.24, 2.45) is 0 Å². The number of aromatic nitrogens is 2. The van der Waals surface area contributed by atoms with Gasteiger partial charge in [-0.1, -0.05) is 17.7 Å². The van der Waals surface area contributed by atoms with Gasteiger partial charge in [0.2, 0.25) is 0 Å². The summed E-state index contributed by atoms with van der Waals surface area (Å²) in [5.41, 5.74) is 0.126. The fraction of sp³-hybridized carbons (Fsp3) is 0.0833. The summed E-state index contributed by atoms with van der Waals surface area (Å²) in [4.78, 5) is 18.7. The number of sulfonamides is 1. The molecule has 1 N–H and O–H groups in total. The lowest BCUT2D eigenvalue weighted by Gasteiger charge is -2.08. The molecule has 0 fully saturated rings. The number of halogens is 1. The Balaban J connectivity index is 2.33. The summed E-state index contributed by atoms with van der Waals surface area (Å²) in [7, 11) is -2.69. The summed E-state index contributed by atoms with van der Waals surface area (Å²) >= 11 is 5.66. The van der Waals surface area contributed by atoms with E-state index in [1.54, 1.807) is 0 Å². The number of ether oxygens (including phenoxy) is 1. The van der Waals surface area contributed by atoms with Crippen LogP contribution in [0, 0.1) is 0 Å². The minimum absolute atomic E-state index is 0.0264. The highest BCUT2D eigenvalue weighted by Crippen LogP contribution is 2.17.